The largest absolute Gasteiger partial charge is 0.354 e. The van der Waals surface area contributed by atoms with Crippen LogP contribution in [0.4, 0.5) is 5.69 Å². The molecule has 2 amide bonds. The number of sulfonamides is 1. The molecule has 7 nitrogen and oxygen atoms in total. The molecule has 8 heteroatoms. The van der Waals surface area contributed by atoms with Gasteiger partial charge in [-0.25, -0.2) is 13.1 Å². The Morgan fingerprint density at radius 3 is 2.59 bits per heavy atom. The molecule has 1 aliphatic rings. The lowest BCUT2D eigenvalue weighted by atomic mass is 10.1. The maximum atomic E-state index is 12.0. The van der Waals surface area contributed by atoms with E-state index in [2.05, 4.69) is 10.0 Å². The van der Waals surface area contributed by atoms with Gasteiger partial charge in [0.2, 0.25) is 21.8 Å². The number of nitrogens with zero attached hydrogens (tertiary/aromatic N) is 1. The Labute approximate surface area is 129 Å². The number of carbonyl (C=O) groups excluding carboxylic acids is 2. The average molecular weight is 325 g/mol. The lowest BCUT2D eigenvalue weighted by Crippen LogP contribution is -2.38. The van der Waals surface area contributed by atoms with E-state index in [9.17, 15) is 18.0 Å². The summed E-state index contributed by atoms with van der Waals surface area (Å²) >= 11 is 0. The summed E-state index contributed by atoms with van der Waals surface area (Å²) < 4.78 is 24.1. The summed E-state index contributed by atoms with van der Waals surface area (Å²) in [6.07, 6.45) is 1.22. The number of benzene rings is 1. The van der Waals surface area contributed by atoms with Gasteiger partial charge >= 0.3 is 0 Å². The van der Waals surface area contributed by atoms with E-state index in [4.69, 9.17) is 0 Å². The van der Waals surface area contributed by atoms with Crippen molar-refractivity contribution in [3.05, 3.63) is 30.3 Å². The van der Waals surface area contributed by atoms with Crippen LogP contribution in [0.2, 0.25) is 0 Å². The van der Waals surface area contributed by atoms with Crippen LogP contribution in [0.15, 0.2) is 30.3 Å². The van der Waals surface area contributed by atoms with Crippen molar-refractivity contribution in [2.75, 3.05) is 30.8 Å². The number of hydrogen-bond donors (Lipinski definition) is 2. The fourth-order valence-corrected chi connectivity index (χ4v) is 2.78. The highest BCUT2D eigenvalue weighted by Gasteiger charge is 2.34. The van der Waals surface area contributed by atoms with E-state index in [1.54, 1.807) is 4.90 Å². The average Bonchev–Trinajstić information content (AvgIpc) is 2.85. The van der Waals surface area contributed by atoms with Crippen molar-refractivity contribution in [2.24, 2.45) is 5.92 Å². The predicted molar refractivity (Wildman–Crippen MR) is 82.8 cm³/mol. The van der Waals surface area contributed by atoms with E-state index in [0.29, 0.717) is 6.54 Å². The Bertz CT molecular complexity index is 645. The SMILES string of the molecule is CS(=O)(=O)NCCNC(=O)[C@@H]1CC(=O)N(c2ccccc2)C1. The molecule has 2 rings (SSSR count). The first kappa shape index (κ1) is 16.4. The van der Waals surface area contributed by atoms with Crippen LogP contribution in [0.5, 0.6) is 0 Å². The molecule has 0 unspecified atom stereocenters. The first-order valence-electron chi connectivity index (χ1n) is 6.94. The van der Waals surface area contributed by atoms with Gasteiger partial charge in [0.1, 0.15) is 0 Å². The summed E-state index contributed by atoms with van der Waals surface area (Å²) in [4.78, 5) is 25.6. The van der Waals surface area contributed by atoms with E-state index in [1.165, 1.54) is 0 Å². The van der Waals surface area contributed by atoms with E-state index >= 15 is 0 Å². The molecule has 2 N–H and O–H groups in total. The van der Waals surface area contributed by atoms with Gasteiger partial charge in [-0.3, -0.25) is 9.59 Å². The minimum Gasteiger partial charge on any atom is -0.354 e. The highest BCUT2D eigenvalue weighted by atomic mass is 32.2. The lowest BCUT2D eigenvalue weighted by molar-refractivity contribution is -0.126. The molecule has 1 fully saturated rings. The number of nitrogens with one attached hydrogen (secondary N) is 2. The molecule has 22 heavy (non-hydrogen) atoms. The molecular weight excluding hydrogens is 306 g/mol. The van der Waals surface area contributed by atoms with E-state index in [-0.39, 0.29) is 31.3 Å². The number of anilines is 1. The highest BCUT2D eigenvalue weighted by Crippen LogP contribution is 2.24. The Morgan fingerprint density at radius 2 is 1.95 bits per heavy atom. The van der Waals surface area contributed by atoms with Crippen LogP contribution in [0.25, 0.3) is 0 Å². The molecule has 1 atom stereocenters. The smallest absolute Gasteiger partial charge is 0.227 e. The number of hydrogen-bond acceptors (Lipinski definition) is 4. The Kier molecular flexibility index (Phi) is 5.15. The Hall–Kier alpha value is -1.93. The van der Waals surface area contributed by atoms with Crippen LogP contribution in [0.1, 0.15) is 6.42 Å². The summed E-state index contributed by atoms with van der Waals surface area (Å²) in [5.41, 5.74) is 0.779. The van der Waals surface area contributed by atoms with Crippen molar-refractivity contribution in [2.45, 2.75) is 6.42 Å². The summed E-state index contributed by atoms with van der Waals surface area (Å²) in [5, 5.41) is 2.64. The molecule has 0 bridgehead atoms. The van der Waals surface area contributed by atoms with Gasteiger partial charge < -0.3 is 10.2 Å². The topological polar surface area (TPSA) is 95.6 Å². The molecular formula is C14H19N3O4S. The van der Waals surface area contributed by atoms with E-state index < -0.39 is 15.9 Å². The molecule has 1 aromatic rings. The monoisotopic (exact) mass is 325 g/mol. The molecule has 1 saturated heterocycles. The Morgan fingerprint density at radius 1 is 1.27 bits per heavy atom. The fourth-order valence-electron chi connectivity index (χ4n) is 2.31. The van der Waals surface area contributed by atoms with Gasteiger partial charge in [0.05, 0.1) is 12.2 Å². The van der Waals surface area contributed by atoms with E-state index in [1.807, 2.05) is 30.3 Å². The second-order valence-corrected chi connectivity index (χ2v) is 7.03. The molecule has 0 radical (unpaired) electrons. The second kappa shape index (κ2) is 6.89. The quantitative estimate of drug-likeness (QED) is 0.702. The minimum absolute atomic E-state index is 0.0828. The van der Waals surface area contributed by atoms with Crippen LogP contribution < -0.4 is 14.9 Å². The zero-order chi connectivity index (χ0) is 16.2. The number of rotatable bonds is 6. The zero-order valence-corrected chi connectivity index (χ0v) is 13.1. The number of amides is 2. The van der Waals surface area contributed by atoms with Gasteiger partial charge in [-0.2, -0.15) is 0 Å². The van der Waals surface area contributed by atoms with Crippen molar-refractivity contribution < 1.29 is 18.0 Å². The van der Waals surface area contributed by atoms with Gasteiger partial charge in [-0.05, 0) is 12.1 Å². The van der Waals surface area contributed by atoms with Crippen molar-refractivity contribution in [1.29, 1.82) is 0 Å². The first-order valence-corrected chi connectivity index (χ1v) is 8.84. The zero-order valence-electron chi connectivity index (χ0n) is 12.3. The summed E-state index contributed by atoms with van der Waals surface area (Å²) in [7, 11) is -3.26. The molecule has 1 aliphatic heterocycles. The van der Waals surface area contributed by atoms with Gasteiger partial charge in [-0.15, -0.1) is 0 Å². The molecule has 0 saturated carbocycles. The molecule has 120 valence electrons. The minimum atomic E-state index is -3.26. The van der Waals surface area contributed by atoms with Gasteiger partial charge in [0.25, 0.3) is 0 Å². The lowest BCUT2D eigenvalue weighted by Gasteiger charge is -2.16. The molecule has 0 aliphatic carbocycles. The van der Waals surface area contributed by atoms with Gasteiger partial charge in [0.15, 0.2) is 0 Å². The fraction of sp³-hybridized carbons (Fsp3) is 0.429. The van der Waals surface area contributed by atoms with Crippen molar-refractivity contribution in [1.82, 2.24) is 10.0 Å². The van der Waals surface area contributed by atoms with Crippen molar-refractivity contribution in [3.8, 4) is 0 Å². The highest BCUT2D eigenvalue weighted by molar-refractivity contribution is 7.88. The van der Waals surface area contributed by atoms with E-state index in [0.717, 1.165) is 11.9 Å². The molecule has 1 aromatic carbocycles. The maximum absolute atomic E-state index is 12.0. The van der Waals surface area contributed by atoms with Crippen LogP contribution in [0.3, 0.4) is 0 Å². The van der Waals surface area contributed by atoms with Gasteiger partial charge in [0, 0.05) is 31.7 Å². The van der Waals surface area contributed by atoms with Crippen molar-refractivity contribution >= 4 is 27.5 Å². The van der Waals surface area contributed by atoms with Crippen LogP contribution in [-0.4, -0.2) is 46.1 Å². The normalized spacial score (nSPS) is 18.5. The summed E-state index contributed by atoms with van der Waals surface area (Å²) in [6.45, 7) is 0.670. The predicted octanol–water partition coefficient (Wildman–Crippen LogP) is -0.295. The third-order valence-corrected chi connectivity index (χ3v) is 4.08. The summed E-state index contributed by atoms with van der Waals surface area (Å²) in [5.74, 6) is -0.728. The van der Waals surface area contributed by atoms with Crippen molar-refractivity contribution in [3.63, 3.8) is 0 Å². The Balaban J connectivity index is 1.84. The van der Waals surface area contributed by atoms with Crippen LogP contribution in [0, 0.1) is 5.92 Å². The number of carbonyl (C=O) groups is 2. The maximum Gasteiger partial charge on any atom is 0.227 e. The third-order valence-electron chi connectivity index (χ3n) is 3.35. The molecule has 1 heterocycles. The summed E-state index contributed by atoms with van der Waals surface area (Å²) in [6, 6.07) is 9.20. The molecule has 0 aromatic heterocycles. The third kappa shape index (κ3) is 4.54. The first-order chi connectivity index (χ1) is 10.4. The van der Waals surface area contributed by atoms with Crippen LogP contribution in [-0.2, 0) is 19.6 Å². The second-order valence-electron chi connectivity index (χ2n) is 5.20. The molecule has 0 spiro atoms. The number of para-hydroxylation sites is 1. The van der Waals surface area contributed by atoms with Crippen LogP contribution >= 0.6 is 0 Å². The van der Waals surface area contributed by atoms with Gasteiger partial charge in [-0.1, -0.05) is 18.2 Å². The standard InChI is InChI=1S/C14H19N3O4S/c1-22(20,21)16-8-7-15-14(19)11-9-13(18)17(10-11)12-5-3-2-4-6-12/h2-6,11,16H,7-10H2,1H3,(H,15,19)/t11-/m1/s1.